The van der Waals surface area contributed by atoms with Crippen LogP contribution in [0.15, 0.2) is 29.3 Å². The molecule has 0 aliphatic heterocycles. The molecule has 2 bridgehead atoms. The smallest absolute Gasteiger partial charge is 0.270 e. The zero-order chi connectivity index (χ0) is 20.3. The van der Waals surface area contributed by atoms with Crippen LogP contribution in [0.25, 0.3) is 10.9 Å². The molecule has 2 fully saturated rings. The molecule has 3 atom stereocenters. The first-order chi connectivity index (χ1) is 13.1. The number of benzene rings is 1. The van der Waals surface area contributed by atoms with Gasteiger partial charge in [-0.15, -0.1) is 0 Å². The van der Waals surface area contributed by atoms with Gasteiger partial charge in [0.05, 0.1) is 22.2 Å². The molecule has 1 aromatic carbocycles. The highest BCUT2D eigenvalue weighted by atomic mass is 16.6. The standard InChI is InChI=1S/C20H24N4O4/c1-19(2)12-6-7-20(19,3)16(8-12)22-17(25)10-23-11-21-15-5-4-13(24(27)28)9-14(15)18(23)26/h4-5,9,11-12,16H,6-8,10H2,1-3H3,(H,22,25). The maximum absolute atomic E-state index is 12.7. The van der Waals surface area contributed by atoms with Crippen LogP contribution < -0.4 is 10.9 Å². The van der Waals surface area contributed by atoms with Crippen LogP contribution >= 0.6 is 0 Å². The number of aromatic nitrogens is 2. The number of amides is 1. The summed E-state index contributed by atoms with van der Waals surface area (Å²) in [5.74, 6) is 0.372. The lowest BCUT2D eigenvalue weighted by Crippen LogP contribution is -2.48. The summed E-state index contributed by atoms with van der Waals surface area (Å²) < 4.78 is 1.21. The quantitative estimate of drug-likeness (QED) is 0.644. The predicted molar refractivity (Wildman–Crippen MR) is 104 cm³/mol. The third-order valence-corrected chi connectivity index (χ3v) is 7.46. The van der Waals surface area contributed by atoms with Crippen molar-refractivity contribution in [1.82, 2.24) is 14.9 Å². The van der Waals surface area contributed by atoms with Gasteiger partial charge in [-0.25, -0.2) is 4.98 Å². The van der Waals surface area contributed by atoms with Crippen molar-refractivity contribution in [2.24, 2.45) is 16.7 Å². The highest BCUT2D eigenvalue weighted by Crippen LogP contribution is 2.65. The minimum absolute atomic E-state index is 0.0561. The van der Waals surface area contributed by atoms with E-state index < -0.39 is 10.5 Å². The summed E-state index contributed by atoms with van der Waals surface area (Å²) >= 11 is 0. The summed E-state index contributed by atoms with van der Waals surface area (Å²) in [4.78, 5) is 39.9. The first-order valence-corrected chi connectivity index (χ1v) is 9.56. The maximum atomic E-state index is 12.7. The van der Waals surface area contributed by atoms with Crippen LogP contribution in [0.2, 0.25) is 0 Å². The van der Waals surface area contributed by atoms with E-state index in [-0.39, 0.29) is 40.4 Å². The van der Waals surface area contributed by atoms with Crippen molar-refractivity contribution in [3.63, 3.8) is 0 Å². The van der Waals surface area contributed by atoms with E-state index in [0.717, 1.165) is 12.8 Å². The number of non-ortho nitro benzene ring substituents is 1. The van der Waals surface area contributed by atoms with Crippen LogP contribution in [0.1, 0.15) is 40.0 Å². The molecular formula is C20H24N4O4. The Balaban J connectivity index is 1.55. The average molecular weight is 384 g/mol. The Kier molecular flexibility index (Phi) is 4.06. The van der Waals surface area contributed by atoms with Crippen LogP contribution in [-0.2, 0) is 11.3 Å². The number of hydrogen-bond donors (Lipinski definition) is 1. The highest BCUT2D eigenvalue weighted by molar-refractivity contribution is 5.81. The average Bonchev–Trinajstić information content (AvgIpc) is 2.97. The fourth-order valence-corrected chi connectivity index (χ4v) is 5.19. The minimum Gasteiger partial charge on any atom is -0.351 e. The second kappa shape index (κ2) is 6.12. The zero-order valence-corrected chi connectivity index (χ0v) is 16.3. The number of carbonyl (C=O) groups is 1. The molecule has 1 aromatic heterocycles. The molecule has 2 saturated carbocycles. The van der Waals surface area contributed by atoms with Crippen molar-refractivity contribution < 1.29 is 9.72 Å². The molecule has 148 valence electrons. The summed E-state index contributed by atoms with van der Waals surface area (Å²) in [6.45, 7) is 6.65. The van der Waals surface area contributed by atoms with Gasteiger partial charge in [0.25, 0.3) is 11.2 Å². The lowest BCUT2D eigenvalue weighted by molar-refractivity contribution is -0.384. The van der Waals surface area contributed by atoms with Gasteiger partial charge in [-0.05, 0) is 42.1 Å². The number of hydrogen-bond acceptors (Lipinski definition) is 5. The summed E-state index contributed by atoms with van der Waals surface area (Å²) in [7, 11) is 0. The van der Waals surface area contributed by atoms with Crippen molar-refractivity contribution >= 4 is 22.5 Å². The first-order valence-electron chi connectivity index (χ1n) is 9.56. The van der Waals surface area contributed by atoms with E-state index in [1.807, 2.05) is 0 Å². The fourth-order valence-electron chi connectivity index (χ4n) is 5.19. The van der Waals surface area contributed by atoms with Gasteiger partial charge in [-0.1, -0.05) is 20.8 Å². The van der Waals surface area contributed by atoms with E-state index in [1.54, 1.807) is 0 Å². The second-order valence-corrected chi connectivity index (χ2v) is 8.87. The molecule has 0 spiro atoms. The van der Waals surface area contributed by atoms with E-state index >= 15 is 0 Å². The van der Waals surface area contributed by atoms with Gasteiger partial charge in [0, 0.05) is 18.2 Å². The Bertz CT molecular complexity index is 1040. The Labute approximate surface area is 162 Å². The summed E-state index contributed by atoms with van der Waals surface area (Å²) in [6.07, 6.45) is 4.58. The number of nitro groups is 1. The Morgan fingerprint density at radius 1 is 1.39 bits per heavy atom. The van der Waals surface area contributed by atoms with Gasteiger partial charge < -0.3 is 5.32 Å². The molecule has 1 amide bonds. The topological polar surface area (TPSA) is 107 Å². The van der Waals surface area contributed by atoms with E-state index in [2.05, 4.69) is 31.1 Å². The normalized spacial score (nSPS) is 27.8. The Morgan fingerprint density at radius 2 is 2.14 bits per heavy atom. The SMILES string of the molecule is CC1(C)C2CCC1(C)C(NC(=O)Cn1cnc3ccc([N+](=O)[O-])cc3c1=O)C2. The predicted octanol–water partition coefficient (Wildman–Crippen LogP) is 2.64. The molecule has 0 saturated heterocycles. The van der Waals surface area contributed by atoms with E-state index in [0.29, 0.717) is 11.4 Å². The number of nitro benzene ring substituents is 1. The minimum atomic E-state index is -0.555. The number of fused-ring (bicyclic) bond motifs is 3. The van der Waals surface area contributed by atoms with Gasteiger partial charge in [0.1, 0.15) is 6.54 Å². The zero-order valence-electron chi connectivity index (χ0n) is 16.3. The fraction of sp³-hybridized carbons (Fsp3) is 0.550. The van der Waals surface area contributed by atoms with Gasteiger partial charge in [0.2, 0.25) is 5.91 Å². The maximum Gasteiger partial charge on any atom is 0.270 e. The lowest BCUT2D eigenvalue weighted by Gasteiger charge is -2.39. The molecule has 8 heteroatoms. The first kappa shape index (κ1) is 18.6. The van der Waals surface area contributed by atoms with Crippen LogP contribution in [0.5, 0.6) is 0 Å². The summed E-state index contributed by atoms with van der Waals surface area (Å²) in [6, 6.07) is 4.05. The molecule has 0 radical (unpaired) electrons. The lowest BCUT2D eigenvalue weighted by atomic mass is 9.69. The number of nitrogens with zero attached hydrogens (tertiary/aromatic N) is 3. The monoisotopic (exact) mass is 384 g/mol. The molecule has 1 N–H and O–H groups in total. The molecule has 2 aliphatic carbocycles. The molecule has 28 heavy (non-hydrogen) atoms. The van der Waals surface area contributed by atoms with Crippen LogP contribution in [0.3, 0.4) is 0 Å². The van der Waals surface area contributed by atoms with Gasteiger partial charge in [0.15, 0.2) is 0 Å². The summed E-state index contributed by atoms with van der Waals surface area (Å²) in [5.41, 5.74) is -0.0186. The van der Waals surface area contributed by atoms with Gasteiger partial charge in [-0.3, -0.25) is 24.3 Å². The highest BCUT2D eigenvalue weighted by Gasteiger charge is 2.61. The Hall–Kier alpha value is -2.77. The van der Waals surface area contributed by atoms with E-state index in [9.17, 15) is 19.7 Å². The third kappa shape index (κ3) is 2.62. The van der Waals surface area contributed by atoms with Crippen LogP contribution in [0.4, 0.5) is 5.69 Å². The van der Waals surface area contributed by atoms with Crippen LogP contribution in [0, 0.1) is 26.9 Å². The van der Waals surface area contributed by atoms with Gasteiger partial charge in [-0.2, -0.15) is 0 Å². The molecule has 4 rings (SSSR count). The van der Waals surface area contributed by atoms with E-state index in [4.69, 9.17) is 0 Å². The molecular weight excluding hydrogens is 360 g/mol. The molecule has 2 aromatic rings. The third-order valence-electron chi connectivity index (χ3n) is 7.46. The van der Waals surface area contributed by atoms with Crippen molar-refractivity contribution in [2.45, 2.75) is 52.6 Å². The summed E-state index contributed by atoms with van der Waals surface area (Å²) in [5, 5.41) is 14.2. The van der Waals surface area contributed by atoms with Crippen LogP contribution in [-0.4, -0.2) is 26.4 Å². The van der Waals surface area contributed by atoms with Crippen molar-refractivity contribution in [1.29, 1.82) is 0 Å². The number of nitrogens with one attached hydrogen (secondary N) is 1. The second-order valence-electron chi connectivity index (χ2n) is 8.87. The van der Waals surface area contributed by atoms with Crippen molar-refractivity contribution in [3.8, 4) is 0 Å². The van der Waals surface area contributed by atoms with E-state index in [1.165, 1.54) is 35.5 Å². The Morgan fingerprint density at radius 3 is 2.75 bits per heavy atom. The van der Waals surface area contributed by atoms with Crippen molar-refractivity contribution in [3.05, 3.63) is 45.0 Å². The number of carbonyl (C=O) groups excluding carboxylic acids is 1. The molecule has 8 nitrogen and oxygen atoms in total. The molecule has 1 heterocycles. The molecule has 3 unspecified atom stereocenters. The number of rotatable bonds is 4. The largest absolute Gasteiger partial charge is 0.351 e. The van der Waals surface area contributed by atoms with Gasteiger partial charge >= 0.3 is 0 Å². The molecule has 2 aliphatic rings. The van der Waals surface area contributed by atoms with Crippen molar-refractivity contribution in [2.75, 3.05) is 0 Å².